The molecule has 1 aliphatic rings. The number of hydrogen-bond donors (Lipinski definition) is 0. The van der Waals surface area contributed by atoms with Gasteiger partial charge in [-0.1, -0.05) is 11.8 Å². The molecule has 7 nitrogen and oxygen atoms in total. The Morgan fingerprint density at radius 2 is 1.61 bits per heavy atom. The summed E-state index contributed by atoms with van der Waals surface area (Å²) in [7, 11) is 6.15. The van der Waals surface area contributed by atoms with Gasteiger partial charge in [0.25, 0.3) is 5.91 Å². The lowest BCUT2D eigenvalue weighted by molar-refractivity contribution is -0.143. The first kappa shape index (κ1) is 23.7. The van der Waals surface area contributed by atoms with Gasteiger partial charge in [0.15, 0.2) is 11.5 Å². The highest BCUT2D eigenvalue weighted by Gasteiger charge is 2.24. The zero-order valence-corrected chi connectivity index (χ0v) is 19.3. The smallest absolute Gasteiger partial charge is 0.254 e. The number of likely N-dealkylation sites (tertiary alicyclic amines) is 1. The lowest BCUT2D eigenvalue weighted by Crippen LogP contribution is -2.39. The van der Waals surface area contributed by atoms with E-state index in [9.17, 15) is 9.59 Å². The largest absolute Gasteiger partial charge is 0.497 e. The van der Waals surface area contributed by atoms with Crippen LogP contribution in [0.1, 0.15) is 30.4 Å². The molecule has 0 unspecified atom stereocenters. The van der Waals surface area contributed by atoms with Crippen molar-refractivity contribution in [2.45, 2.75) is 19.3 Å². The van der Waals surface area contributed by atoms with Gasteiger partial charge in [-0.05, 0) is 54.8 Å². The number of ether oxygens (including phenoxy) is 4. The summed E-state index contributed by atoms with van der Waals surface area (Å²) >= 11 is 0. The standard InChI is InChI=1S/C26H27NO6/c1-30-21-12-9-18(10-13-21)8-11-19(17-25(29)27-14-6-5-7-24(27)28)20-15-22(31-2)26(33-4)23(16-20)32-3/h9-10,12-13,15-17H,5-7,14H2,1-4H3/b19-17-. The van der Waals surface area contributed by atoms with E-state index < -0.39 is 5.91 Å². The van der Waals surface area contributed by atoms with Crippen LogP contribution in [0.25, 0.3) is 5.57 Å². The second-order valence-electron chi connectivity index (χ2n) is 7.29. The molecule has 1 saturated heterocycles. The van der Waals surface area contributed by atoms with Gasteiger partial charge in [-0.15, -0.1) is 0 Å². The topological polar surface area (TPSA) is 74.3 Å². The molecule has 0 aromatic heterocycles. The molecule has 33 heavy (non-hydrogen) atoms. The lowest BCUT2D eigenvalue weighted by atomic mass is 10.0. The quantitative estimate of drug-likeness (QED) is 0.495. The van der Waals surface area contributed by atoms with E-state index >= 15 is 0 Å². The molecular weight excluding hydrogens is 422 g/mol. The Hall–Kier alpha value is -3.92. The molecule has 0 saturated carbocycles. The Morgan fingerprint density at radius 3 is 2.15 bits per heavy atom. The van der Waals surface area contributed by atoms with Crippen molar-refractivity contribution < 1.29 is 28.5 Å². The van der Waals surface area contributed by atoms with Gasteiger partial charge in [-0.3, -0.25) is 14.5 Å². The lowest BCUT2D eigenvalue weighted by Gasteiger charge is -2.23. The number of piperidine rings is 1. The first-order valence-corrected chi connectivity index (χ1v) is 10.5. The second kappa shape index (κ2) is 11.1. The Kier molecular flexibility index (Phi) is 7.98. The monoisotopic (exact) mass is 449 g/mol. The molecular formula is C26H27NO6. The van der Waals surface area contributed by atoms with E-state index in [1.165, 1.54) is 32.3 Å². The van der Waals surface area contributed by atoms with Crippen LogP contribution in [0.5, 0.6) is 23.0 Å². The van der Waals surface area contributed by atoms with E-state index in [-0.39, 0.29) is 5.91 Å². The summed E-state index contributed by atoms with van der Waals surface area (Å²) in [4.78, 5) is 26.5. The Morgan fingerprint density at radius 1 is 0.939 bits per heavy atom. The van der Waals surface area contributed by atoms with Crippen molar-refractivity contribution >= 4 is 17.4 Å². The molecule has 1 heterocycles. The fourth-order valence-corrected chi connectivity index (χ4v) is 3.48. The average molecular weight is 450 g/mol. The van der Waals surface area contributed by atoms with Crippen LogP contribution in [0.2, 0.25) is 0 Å². The maximum atomic E-state index is 13.0. The summed E-state index contributed by atoms with van der Waals surface area (Å²) in [5.41, 5.74) is 1.77. The highest BCUT2D eigenvalue weighted by molar-refractivity contribution is 6.06. The molecule has 7 heteroatoms. The van der Waals surface area contributed by atoms with Crippen LogP contribution in [0.15, 0.2) is 42.5 Å². The molecule has 0 spiro atoms. The molecule has 0 aliphatic carbocycles. The van der Waals surface area contributed by atoms with Crippen LogP contribution < -0.4 is 18.9 Å². The number of methoxy groups -OCH3 is 4. The van der Waals surface area contributed by atoms with Gasteiger partial charge >= 0.3 is 0 Å². The maximum absolute atomic E-state index is 13.0. The normalized spacial score (nSPS) is 13.6. The van der Waals surface area contributed by atoms with Crippen LogP contribution >= 0.6 is 0 Å². The first-order valence-electron chi connectivity index (χ1n) is 10.5. The summed E-state index contributed by atoms with van der Waals surface area (Å²) in [5, 5.41) is 0. The molecule has 0 radical (unpaired) electrons. The van der Waals surface area contributed by atoms with Crippen molar-refractivity contribution in [2.24, 2.45) is 0 Å². The summed E-state index contributed by atoms with van der Waals surface area (Å²) in [5.74, 6) is 7.61. The summed E-state index contributed by atoms with van der Waals surface area (Å²) < 4.78 is 21.5. The molecule has 1 aliphatic heterocycles. The molecule has 2 aromatic rings. The number of benzene rings is 2. The zero-order valence-electron chi connectivity index (χ0n) is 19.3. The SMILES string of the molecule is COc1ccc(C#C/C(=C/C(=O)N2CCCCC2=O)c2cc(OC)c(OC)c(OC)c2)cc1. The highest BCUT2D eigenvalue weighted by Crippen LogP contribution is 2.40. The molecule has 1 fully saturated rings. The van der Waals surface area contributed by atoms with E-state index in [1.54, 1.807) is 19.2 Å². The number of rotatable bonds is 6. The van der Waals surface area contributed by atoms with Crippen molar-refractivity contribution in [1.29, 1.82) is 0 Å². The molecule has 3 rings (SSSR count). The average Bonchev–Trinajstić information content (AvgIpc) is 2.85. The number of carbonyl (C=O) groups excluding carboxylic acids is 2. The van der Waals surface area contributed by atoms with Gasteiger partial charge in [0, 0.05) is 30.2 Å². The molecule has 2 amide bonds. The molecule has 0 N–H and O–H groups in total. The summed E-state index contributed by atoms with van der Waals surface area (Å²) in [6.07, 6.45) is 3.35. The van der Waals surface area contributed by atoms with Crippen LogP contribution in [-0.4, -0.2) is 51.7 Å². The van der Waals surface area contributed by atoms with Gasteiger partial charge in [-0.25, -0.2) is 0 Å². The first-order chi connectivity index (χ1) is 16.0. The third kappa shape index (κ3) is 5.66. The van der Waals surface area contributed by atoms with Crippen molar-refractivity contribution in [2.75, 3.05) is 35.0 Å². The van der Waals surface area contributed by atoms with E-state index in [2.05, 4.69) is 11.8 Å². The Bertz CT molecular complexity index is 1080. The van der Waals surface area contributed by atoms with Crippen LogP contribution in [0.4, 0.5) is 0 Å². The van der Waals surface area contributed by atoms with Crippen molar-refractivity contribution in [1.82, 2.24) is 4.90 Å². The van der Waals surface area contributed by atoms with E-state index in [4.69, 9.17) is 18.9 Å². The fourth-order valence-electron chi connectivity index (χ4n) is 3.48. The third-order valence-electron chi connectivity index (χ3n) is 5.26. The number of hydrogen-bond acceptors (Lipinski definition) is 6. The summed E-state index contributed by atoms with van der Waals surface area (Å²) in [6, 6.07) is 10.7. The Labute approximate surface area is 193 Å². The van der Waals surface area contributed by atoms with Crippen molar-refractivity contribution in [3.63, 3.8) is 0 Å². The van der Waals surface area contributed by atoms with E-state index in [0.29, 0.717) is 41.4 Å². The number of nitrogens with zero attached hydrogens (tertiary/aromatic N) is 1. The zero-order chi connectivity index (χ0) is 23.8. The van der Waals surface area contributed by atoms with E-state index in [1.807, 2.05) is 24.3 Å². The minimum atomic E-state index is -0.396. The predicted octanol–water partition coefficient (Wildman–Crippen LogP) is 3.70. The highest BCUT2D eigenvalue weighted by atomic mass is 16.5. The van der Waals surface area contributed by atoms with E-state index in [0.717, 1.165) is 24.2 Å². The minimum absolute atomic E-state index is 0.171. The fraction of sp³-hybridized carbons (Fsp3) is 0.308. The third-order valence-corrected chi connectivity index (χ3v) is 5.26. The number of imide groups is 1. The maximum Gasteiger partial charge on any atom is 0.254 e. The minimum Gasteiger partial charge on any atom is -0.497 e. The van der Waals surface area contributed by atoms with Gasteiger partial charge in [0.05, 0.1) is 28.4 Å². The second-order valence-corrected chi connectivity index (χ2v) is 7.29. The number of amides is 2. The van der Waals surface area contributed by atoms with Crippen molar-refractivity contribution in [3.05, 3.63) is 53.6 Å². The van der Waals surface area contributed by atoms with Crippen molar-refractivity contribution in [3.8, 4) is 34.8 Å². The van der Waals surface area contributed by atoms with Gasteiger partial charge in [0.1, 0.15) is 5.75 Å². The number of carbonyl (C=O) groups is 2. The number of allylic oxidation sites excluding steroid dienone is 1. The molecule has 0 bridgehead atoms. The molecule has 0 atom stereocenters. The van der Waals surface area contributed by atoms with Gasteiger partial charge in [0.2, 0.25) is 11.7 Å². The van der Waals surface area contributed by atoms with Gasteiger partial charge in [-0.2, -0.15) is 0 Å². The predicted molar refractivity (Wildman–Crippen MR) is 125 cm³/mol. The molecule has 172 valence electrons. The van der Waals surface area contributed by atoms with Gasteiger partial charge < -0.3 is 18.9 Å². The van der Waals surface area contributed by atoms with Crippen LogP contribution in [0.3, 0.4) is 0 Å². The summed E-state index contributed by atoms with van der Waals surface area (Å²) in [6.45, 7) is 0.405. The molecule has 2 aromatic carbocycles. The van der Waals surface area contributed by atoms with Crippen LogP contribution in [-0.2, 0) is 9.59 Å². The van der Waals surface area contributed by atoms with Crippen LogP contribution in [0, 0.1) is 11.8 Å². The Balaban J connectivity index is 2.08.